The largest absolute Gasteiger partial charge is 0.478 e. The number of fused-ring (bicyclic) bond motifs is 2. The van der Waals surface area contributed by atoms with E-state index in [4.69, 9.17) is 14.0 Å². The van der Waals surface area contributed by atoms with Gasteiger partial charge in [0.2, 0.25) is 5.88 Å². The first-order valence-electron chi connectivity index (χ1n) is 11.7. The molecule has 9 nitrogen and oxygen atoms in total. The molecule has 1 N–H and O–H groups in total. The highest BCUT2D eigenvalue weighted by Crippen LogP contribution is 2.51. The first-order chi connectivity index (χ1) is 15.5. The van der Waals surface area contributed by atoms with Gasteiger partial charge in [0.05, 0.1) is 18.8 Å². The highest BCUT2D eigenvalue weighted by molar-refractivity contribution is 5.92. The Balaban J connectivity index is 1.42. The summed E-state index contributed by atoms with van der Waals surface area (Å²) < 4.78 is 16.6. The maximum absolute atomic E-state index is 13.2. The van der Waals surface area contributed by atoms with Gasteiger partial charge in [0, 0.05) is 43.1 Å². The Kier molecular flexibility index (Phi) is 5.53. The summed E-state index contributed by atoms with van der Waals surface area (Å²) in [7, 11) is 0. The second kappa shape index (κ2) is 8.35. The molecule has 0 aromatic carbocycles. The van der Waals surface area contributed by atoms with Gasteiger partial charge in [0.15, 0.2) is 5.69 Å². The summed E-state index contributed by atoms with van der Waals surface area (Å²) in [6, 6.07) is 2.02. The molecule has 2 atom stereocenters. The van der Waals surface area contributed by atoms with E-state index in [-0.39, 0.29) is 23.8 Å². The lowest BCUT2D eigenvalue weighted by atomic mass is 9.63. The molecule has 2 aliphatic carbocycles. The molecule has 1 amide bonds. The number of aliphatic hydroxyl groups is 1. The number of ether oxygens (including phenoxy) is 2. The molecule has 0 spiro atoms. The Morgan fingerprint density at radius 1 is 1.19 bits per heavy atom. The predicted octanol–water partition coefficient (Wildman–Crippen LogP) is 2.90. The Hall–Kier alpha value is -2.68. The van der Waals surface area contributed by atoms with Crippen molar-refractivity contribution in [2.45, 2.75) is 57.5 Å². The number of carbonyl (C=O) groups excluding carboxylic acids is 1. The van der Waals surface area contributed by atoms with E-state index in [1.54, 1.807) is 12.3 Å². The quantitative estimate of drug-likeness (QED) is 0.697. The zero-order valence-corrected chi connectivity index (χ0v) is 18.6. The van der Waals surface area contributed by atoms with Gasteiger partial charge in [-0.1, -0.05) is 11.6 Å². The molecule has 3 fully saturated rings. The summed E-state index contributed by atoms with van der Waals surface area (Å²) in [5.41, 5.74) is -0.218. The molecule has 3 heterocycles. The standard InChI is InChI=1S/C23H30N4O5/c1-3-30-20-17(11-24-22(25-20)31-4-2)23(29)15-6-5-7-16(23)13-27(12-15)21(28)18-10-19(32-26-18)14-8-9-14/h10-11,14-16,29H,3-9,12-13H2,1-2H3/t15-,16-/m0/s1. The molecule has 2 aromatic heterocycles. The monoisotopic (exact) mass is 442 g/mol. The van der Waals surface area contributed by atoms with E-state index in [9.17, 15) is 9.90 Å². The molecular formula is C23H30N4O5. The van der Waals surface area contributed by atoms with Crippen molar-refractivity contribution in [1.29, 1.82) is 0 Å². The lowest BCUT2D eigenvalue weighted by Crippen LogP contribution is -2.59. The topological polar surface area (TPSA) is 111 Å². The molecule has 0 unspecified atom stereocenters. The summed E-state index contributed by atoms with van der Waals surface area (Å²) in [5, 5.41) is 16.1. The maximum Gasteiger partial charge on any atom is 0.319 e. The van der Waals surface area contributed by atoms with Crippen LogP contribution in [-0.4, -0.2) is 57.3 Å². The van der Waals surface area contributed by atoms with E-state index in [1.165, 1.54) is 0 Å². The van der Waals surface area contributed by atoms with Crippen molar-refractivity contribution in [2.24, 2.45) is 11.8 Å². The van der Waals surface area contributed by atoms with Crippen LogP contribution < -0.4 is 9.47 Å². The van der Waals surface area contributed by atoms with Crippen LogP contribution in [-0.2, 0) is 5.60 Å². The van der Waals surface area contributed by atoms with Crippen LogP contribution in [0.15, 0.2) is 16.8 Å². The van der Waals surface area contributed by atoms with Gasteiger partial charge in [-0.3, -0.25) is 4.79 Å². The van der Waals surface area contributed by atoms with Crippen LogP contribution in [0.5, 0.6) is 11.9 Å². The predicted molar refractivity (Wildman–Crippen MR) is 113 cm³/mol. The molecule has 2 saturated carbocycles. The van der Waals surface area contributed by atoms with E-state index in [1.807, 2.05) is 18.7 Å². The van der Waals surface area contributed by atoms with Crippen LogP contribution in [0.4, 0.5) is 0 Å². The highest BCUT2D eigenvalue weighted by Gasteiger charge is 2.54. The van der Waals surface area contributed by atoms with Crippen molar-refractivity contribution in [3.05, 3.63) is 29.3 Å². The minimum atomic E-state index is -1.16. The zero-order chi connectivity index (χ0) is 22.3. The highest BCUT2D eigenvalue weighted by atomic mass is 16.5. The fourth-order valence-electron chi connectivity index (χ4n) is 5.24. The van der Waals surface area contributed by atoms with Crippen LogP contribution in [0.3, 0.4) is 0 Å². The third-order valence-corrected chi connectivity index (χ3v) is 6.96. The van der Waals surface area contributed by atoms with Gasteiger partial charge in [0.25, 0.3) is 5.91 Å². The summed E-state index contributed by atoms with van der Waals surface area (Å²) in [5.74, 6) is 1.15. The summed E-state index contributed by atoms with van der Waals surface area (Å²) >= 11 is 0. The number of nitrogens with zero attached hydrogens (tertiary/aromatic N) is 4. The van der Waals surface area contributed by atoms with Crippen LogP contribution >= 0.6 is 0 Å². The van der Waals surface area contributed by atoms with Crippen molar-refractivity contribution < 1.29 is 23.9 Å². The summed E-state index contributed by atoms with van der Waals surface area (Å²) in [4.78, 5) is 23.7. The average molecular weight is 443 g/mol. The third kappa shape index (κ3) is 3.62. The number of piperidine rings is 1. The number of carbonyl (C=O) groups is 1. The molecule has 5 rings (SSSR count). The zero-order valence-electron chi connectivity index (χ0n) is 18.6. The molecule has 0 radical (unpaired) electrons. The van der Waals surface area contributed by atoms with Crippen molar-refractivity contribution in [3.8, 4) is 11.9 Å². The van der Waals surface area contributed by atoms with Gasteiger partial charge >= 0.3 is 6.01 Å². The Labute approximate surface area is 187 Å². The van der Waals surface area contributed by atoms with E-state index < -0.39 is 5.60 Å². The van der Waals surface area contributed by atoms with Gasteiger partial charge in [-0.2, -0.15) is 4.98 Å². The lowest BCUT2D eigenvalue weighted by molar-refractivity contribution is -0.141. The number of rotatable bonds is 7. The van der Waals surface area contributed by atoms with Crippen molar-refractivity contribution >= 4 is 5.91 Å². The van der Waals surface area contributed by atoms with E-state index in [0.717, 1.165) is 37.9 Å². The van der Waals surface area contributed by atoms with Crippen LogP contribution in [0.1, 0.15) is 73.7 Å². The molecule has 32 heavy (non-hydrogen) atoms. The number of hydrogen-bond donors (Lipinski definition) is 1. The number of hydrogen-bond acceptors (Lipinski definition) is 8. The fraction of sp³-hybridized carbons (Fsp3) is 0.652. The van der Waals surface area contributed by atoms with Gasteiger partial charge in [-0.05, 0) is 39.5 Å². The van der Waals surface area contributed by atoms with Gasteiger partial charge in [0.1, 0.15) is 11.4 Å². The Morgan fingerprint density at radius 2 is 1.91 bits per heavy atom. The minimum absolute atomic E-state index is 0.132. The third-order valence-electron chi connectivity index (χ3n) is 6.96. The molecule has 2 bridgehead atoms. The van der Waals surface area contributed by atoms with Crippen molar-refractivity contribution in [1.82, 2.24) is 20.0 Å². The molecular weight excluding hydrogens is 412 g/mol. The Bertz CT molecular complexity index is 975. The van der Waals surface area contributed by atoms with Crippen molar-refractivity contribution in [2.75, 3.05) is 26.3 Å². The summed E-state index contributed by atoms with van der Waals surface area (Å²) in [6.45, 7) is 5.49. The van der Waals surface area contributed by atoms with Crippen LogP contribution in [0.2, 0.25) is 0 Å². The fourth-order valence-corrected chi connectivity index (χ4v) is 5.24. The Morgan fingerprint density at radius 3 is 2.56 bits per heavy atom. The smallest absolute Gasteiger partial charge is 0.319 e. The lowest BCUT2D eigenvalue weighted by Gasteiger charge is -2.53. The van der Waals surface area contributed by atoms with Crippen LogP contribution in [0, 0.1) is 11.8 Å². The van der Waals surface area contributed by atoms with E-state index in [2.05, 4.69) is 15.1 Å². The average Bonchev–Trinajstić information content (AvgIpc) is 3.50. The number of amides is 1. The molecule has 1 aliphatic heterocycles. The van der Waals surface area contributed by atoms with E-state index in [0.29, 0.717) is 49.4 Å². The van der Waals surface area contributed by atoms with Crippen LogP contribution in [0.25, 0.3) is 0 Å². The van der Waals surface area contributed by atoms with Crippen molar-refractivity contribution in [3.63, 3.8) is 0 Å². The second-order valence-corrected chi connectivity index (χ2v) is 8.99. The molecule has 1 saturated heterocycles. The summed E-state index contributed by atoms with van der Waals surface area (Å²) in [6.07, 6.45) is 6.44. The van der Waals surface area contributed by atoms with Gasteiger partial charge < -0.3 is 24.0 Å². The van der Waals surface area contributed by atoms with Gasteiger partial charge in [-0.25, -0.2) is 4.98 Å². The second-order valence-electron chi connectivity index (χ2n) is 8.99. The number of likely N-dealkylation sites (tertiary alicyclic amines) is 1. The normalized spacial score (nSPS) is 27.3. The maximum atomic E-state index is 13.2. The first-order valence-corrected chi connectivity index (χ1v) is 11.7. The van der Waals surface area contributed by atoms with E-state index >= 15 is 0 Å². The molecule has 9 heteroatoms. The molecule has 172 valence electrons. The number of aromatic nitrogens is 3. The molecule has 2 aromatic rings. The minimum Gasteiger partial charge on any atom is -0.478 e. The van der Waals surface area contributed by atoms with Gasteiger partial charge in [-0.15, -0.1) is 0 Å². The first kappa shape index (κ1) is 21.2. The molecule has 3 aliphatic rings. The SMILES string of the molecule is CCOc1ncc(C2(O)[C@H]3CCC[C@H]2CN(C(=O)c2cc(C4CC4)on2)C3)c(OCC)n1.